The van der Waals surface area contributed by atoms with Gasteiger partial charge >= 0.3 is 12.2 Å². The average Bonchev–Trinajstić information content (AvgIpc) is 3.23. The summed E-state index contributed by atoms with van der Waals surface area (Å²) in [4.78, 5) is 57.5. The molecule has 0 unspecified atom stereocenters. The first-order valence-electron chi connectivity index (χ1n) is 16.0. The number of carbonyl (C=O) groups is 4. The summed E-state index contributed by atoms with van der Waals surface area (Å²) in [5.74, 6) is -0.660. The SMILES string of the molecule is CC(C)(C)OC(=O)N[C@@H](C(=O)Nc1cc2c3c(c(C4CCN(C(=O)OC(C)(C)C)CC4)[nH]c3c1)C=NNC2=O)C1CCCCC1. The standard InChI is InChI=1S/C33H46N6O6/c1-32(2,3)44-30(42)37-27(19-10-8-7-9-11-19)29(41)35-21-16-22-25-23(18-34-38-28(22)40)26(36-24(25)17-21)20-12-14-39(15-13-20)31(43)45-33(4,5)6/h16-20,27,36H,7-15H2,1-6H3,(H,35,41)(H,37,42)(H,38,40)/t27-/m1/s1. The zero-order valence-corrected chi connectivity index (χ0v) is 27.2. The van der Waals surface area contributed by atoms with E-state index in [-0.39, 0.29) is 29.7 Å². The fourth-order valence-electron chi connectivity index (χ4n) is 6.50. The van der Waals surface area contributed by atoms with Crippen molar-refractivity contribution in [2.75, 3.05) is 18.4 Å². The summed E-state index contributed by atoms with van der Waals surface area (Å²) in [6.07, 6.45) is 6.88. The van der Waals surface area contributed by atoms with E-state index < -0.39 is 23.3 Å². The maximum absolute atomic E-state index is 13.7. The molecule has 244 valence electrons. The molecule has 1 saturated heterocycles. The van der Waals surface area contributed by atoms with Gasteiger partial charge in [0.2, 0.25) is 5.91 Å². The number of anilines is 1. The molecule has 4 amide bonds. The zero-order valence-electron chi connectivity index (χ0n) is 27.2. The summed E-state index contributed by atoms with van der Waals surface area (Å²) in [6, 6.07) is 2.69. The number of rotatable bonds is 5. The largest absolute Gasteiger partial charge is 0.444 e. The quantitative estimate of drug-likeness (QED) is 0.332. The molecule has 5 rings (SSSR count). The summed E-state index contributed by atoms with van der Waals surface area (Å²) in [6.45, 7) is 12.0. The van der Waals surface area contributed by atoms with Crippen molar-refractivity contribution in [3.63, 3.8) is 0 Å². The molecule has 1 aromatic carbocycles. The minimum absolute atomic E-state index is 0.0245. The number of amides is 4. The van der Waals surface area contributed by atoms with E-state index >= 15 is 0 Å². The second-order valence-electron chi connectivity index (χ2n) is 14.4. The number of aromatic amines is 1. The maximum atomic E-state index is 13.7. The molecule has 0 bridgehead atoms. The Bertz CT molecular complexity index is 1490. The van der Waals surface area contributed by atoms with E-state index in [1.807, 2.05) is 26.8 Å². The molecule has 0 spiro atoms. The van der Waals surface area contributed by atoms with Gasteiger partial charge in [-0.3, -0.25) is 9.59 Å². The van der Waals surface area contributed by atoms with Gasteiger partial charge in [0.15, 0.2) is 0 Å². The number of piperidine rings is 1. The smallest absolute Gasteiger partial charge is 0.410 e. The topological polar surface area (TPSA) is 154 Å². The lowest BCUT2D eigenvalue weighted by Crippen LogP contribution is -2.50. The lowest BCUT2D eigenvalue weighted by molar-refractivity contribution is -0.119. The first-order valence-corrected chi connectivity index (χ1v) is 16.0. The summed E-state index contributed by atoms with van der Waals surface area (Å²) in [5, 5.41) is 10.7. The van der Waals surface area contributed by atoms with Crippen molar-refractivity contribution in [3.05, 3.63) is 29.0 Å². The second-order valence-corrected chi connectivity index (χ2v) is 14.4. The van der Waals surface area contributed by atoms with Crippen LogP contribution in [0.2, 0.25) is 0 Å². The normalized spacial score (nSPS) is 18.6. The van der Waals surface area contributed by atoms with Crippen LogP contribution >= 0.6 is 0 Å². The minimum atomic E-state index is -0.780. The molecule has 1 atom stereocenters. The van der Waals surface area contributed by atoms with E-state index in [0.717, 1.165) is 48.7 Å². The van der Waals surface area contributed by atoms with Crippen LogP contribution in [0.4, 0.5) is 15.3 Å². The Labute approximate surface area is 264 Å². The highest BCUT2D eigenvalue weighted by Crippen LogP contribution is 2.37. The molecule has 2 aromatic rings. The Morgan fingerprint density at radius 3 is 2.27 bits per heavy atom. The highest BCUT2D eigenvalue weighted by atomic mass is 16.6. The predicted molar refractivity (Wildman–Crippen MR) is 172 cm³/mol. The maximum Gasteiger partial charge on any atom is 0.410 e. The van der Waals surface area contributed by atoms with Gasteiger partial charge in [-0.15, -0.1) is 0 Å². The third kappa shape index (κ3) is 7.77. The van der Waals surface area contributed by atoms with Crippen molar-refractivity contribution in [1.82, 2.24) is 20.6 Å². The second kappa shape index (κ2) is 12.7. The lowest BCUT2D eigenvalue weighted by Gasteiger charge is -2.33. The molecule has 2 fully saturated rings. The Hall–Kier alpha value is -4.09. The Morgan fingerprint density at radius 2 is 1.62 bits per heavy atom. The molecule has 12 nitrogen and oxygen atoms in total. The van der Waals surface area contributed by atoms with Gasteiger partial charge in [0.25, 0.3) is 5.91 Å². The summed E-state index contributed by atoms with van der Waals surface area (Å²) in [5.41, 5.74) is 4.59. The number of hydrogen-bond acceptors (Lipinski definition) is 7. The van der Waals surface area contributed by atoms with Gasteiger partial charge in [-0.1, -0.05) is 19.3 Å². The molecule has 45 heavy (non-hydrogen) atoms. The van der Waals surface area contributed by atoms with Crippen LogP contribution in [0.3, 0.4) is 0 Å². The third-order valence-electron chi connectivity index (χ3n) is 8.47. The Morgan fingerprint density at radius 1 is 0.956 bits per heavy atom. The van der Waals surface area contributed by atoms with Crippen LogP contribution in [0.15, 0.2) is 17.2 Å². The molecular weight excluding hydrogens is 576 g/mol. The molecule has 1 saturated carbocycles. The van der Waals surface area contributed by atoms with Crippen LogP contribution < -0.4 is 16.1 Å². The molecular formula is C33H46N6O6. The number of carbonyl (C=O) groups excluding carboxylic acids is 4. The fourth-order valence-corrected chi connectivity index (χ4v) is 6.50. The first kappa shape index (κ1) is 32.3. The monoisotopic (exact) mass is 622 g/mol. The average molecular weight is 623 g/mol. The Balaban J connectivity index is 1.39. The summed E-state index contributed by atoms with van der Waals surface area (Å²) < 4.78 is 11.0. The van der Waals surface area contributed by atoms with E-state index in [4.69, 9.17) is 9.47 Å². The van der Waals surface area contributed by atoms with Gasteiger partial charge in [0, 0.05) is 46.9 Å². The minimum Gasteiger partial charge on any atom is -0.444 e. The van der Waals surface area contributed by atoms with E-state index in [1.54, 1.807) is 38.0 Å². The number of nitrogens with zero attached hydrogens (tertiary/aromatic N) is 2. The molecule has 2 aliphatic heterocycles. The molecule has 4 N–H and O–H groups in total. The van der Waals surface area contributed by atoms with Crippen molar-refractivity contribution in [3.8, 4) is 0 Å². The van der Waals surface area contributed by atoms with Gasteiger partial charge in [-0.05, 0) is 85.3 Å². The number of aromatic nitrogens is 1. The van der Waals surface area contributed by atoms with Crippen LogP contribution in [0, 0.1) is 5.92 Å². The number of nitrogens with one attached hydrogen (secondary N) is 4. The van der Waals surface area contributed by atoms with Crippen molar-refractivity contribution in [2.45, 2.75) is 110 Å². The first-order chi connectivity index (χ1) is 21.2. The van der Waals surface area contributed by atoms with E-state index in [2.05, 4.69) is 26.1 Å². The molecule has 3 heterocycles. The van der Waals surface area contributed by atoms with Crippen molar-refractivity contribution < 1.29 is 28.7 Å². The van der Waals surface area contributed by atoms with Crippen LogP contribution in [0.25, 0.3) is 10.9 Å². The summed E-state index contributed by atoms with van der Waals surface area (Å²) in [7, 11) is 0. The number of hydrazone groups is 1. The van der Waals surface area contributed by atoms with Gasteiger partial charge in [-0.25, -0.2) is 15.0 Å². The number of H-pyrrole nitrogens is 1. The number of alkyl carbamates (subject to hydrolysis) is 1. The number of hydrogen-bond donors (Lipinski definition) is 4. The van der Waals surface area contributed by atoms with Crippen LogP contribution in [0.5, 0.6) is 0 Å². The van der Waals surface area contributed by atoms with Crippen LogP contribution in [-0.2, 0) is 14.3 Å². The van der Waals surface area contributed by atoms with E-state index in [1.165, 1.54) is 0 Å². The van der Waals surface area contributed by atoms with Gasteiger partial charge < -0.3 is 30.0 Å². The van der Waals surface area contributed by atoms with E-state index in [9.17, 15) is 19.2 Å². The fraction of sp³-hybridized carbons (Fsp3) is 0.606. The molecule has 3 aliphatic rings. The van der Waals surface area contributed by atoms with Gasteiger partial charge in [0.05, 0.1) is 11.8 Å². The van der Waals surface area contributed by atoms with Crippen molar-refractivity contribution in [1.29, 1.82) is 0 Å². The van der Waals surface area contributed by atoms with E-state index in [0.29, 0.717) is 42.7 Å². The molecule has 1 aromatic heterocycles. The summed E-state index contributed by atoms with van der Waals surface area (Å²) >= 11 is 0. The van der Waals surface area contributed by atoms with Crippen LogP contribution in [-0.4, -0.2) is 70.4 Å². The number of benzene rings is 1. The highest BCUT2D eigenvalue weighted by Gasteiger charge is 2.34. The van der Waals surface area contributed by atoms with Gasteiger partial charge in [-0.2, -0.15) is 5.10 Å². The zero-order chi connectivity index (χ0) is 32.5. The van der Waals surface area contributed by atoms with Crippen LogP contribution in [0.1, 0.15) is 114 Å². The Kier molecular flexibility index (Phi) is 9.14. The number of ether oxygens (including phenoxy) is 2. The van der Waals surface area contributed by atoms with Gasteiger partial charge in [0.1, 0.15) is 17.2 Å². The number of likely N-dealkylation sites (tertiary alicyclic amines) is 1. The highest BCUT2D eigenvalue weighted by molar-refractivity contribution is 6.16. The molecule has 12 heteroatoms. The molecule has 0 radical (unpaired) electrons. The van der Waals surface area contributed by atoms with Crippen molar-refractivity contribution in [2.24, 2.45) is 11.0 Å². The third-order valence-corrected chi connectivity index (χ3v) is 8.47. The lowest BCUT2D eigenvalue weighted by atomic mass is 9.83. The predicted octanol–water partition coefficient (Wildman–Crippen LogP) is 5.77. The molecule has 1 aliphatic carbocycles. The van der Waals surface area contributed by atoms with Crippen molar-refractivity contribution >= 4 is 46.8 Å².